The fourth-order valence-corrected chi connectivity index (χ4v) is 3.34. The van der Waals surface area contributed by atoms with Gasteiger partial charge in [-0.25, -0.2) is 9.78 Å². The van der Waals surface area contributed by atoms with Crippen LogP contribution in [0.2, 0.25) is 0 Å². The number of hydrogen-bond acceptors (Lipinski definition) is 4. The number of aromatic nitrogens is 1. The number of rotatable bonds is 2. The molecule has 0 unspecified atom stereocenters. The molecule has 0 amide bonds. The summed E-state index contributed by atoms with van der Waals surface area (Å²) in [5.41, 5.74) is 0.127. The van der Waals surface area contributed by atoms with Crippen molar-refractivity contribution in [2.45, 2.75) is 0 Å². The van der Waals surface area contributed by atoms with Crippen molar-refractivity contribution in [3.05, 3.63) is 61.4 Å². The van der Waals surface area contributed by atoms with Crippen molar-refractivity contribution < 1.29 is 4.42 Å². The molecule has 0 saturated carbocycles. The van der Waals surface area contributed by atoms with Gasteiger partial charge in [0.2, 0.25) is 5.89 Å². The van der Waals surface area contributed by atoms with E-state index in [-0.39, 0.29) is 5.89 Å². The summed E-state index contributed by atoms with van der Waals surface area (Å²) in [6, 6.07) is 10.8. The van der Waals surface area contributed by atoms with E-state index in [4.69, 9.17) is 16.0 Å². The van der Waals surface area contributed by atoms with Crippen molar-refractivity contribution in [2.75, 3.05) is 0 Å². The quantitative estimate of drug-likeness (QED) is 0.655. The Morgan fingerprint density at radius 2 is 2.10 bits per heavy atom. The molecule has 6 heteroatoms. The Morgan fingerprint density at radius 1 is 1.30 bits per heavy atom. The predicted octanol–water partition coefficient (Wildman–Crippen LogP) is 4.75. The Bertz CT molecular complexity index is 869. The van der Waals surface area contributed by atoms with E-state index in [1.165, 1.54) is 11.3 Å². The van der Waals surface area contributed by atoms with Crippen molar-refractivity contribution in [1.82, 2.24) is 4.98 Å². The average molecular weight is 369 g/mol. The summed E-state index contributed by atoms with van der Waals surface area (Å²) >= 11 is 11.1. The maximum absolute atomic E-state index is 11.9. The maximum Gasteiger partial charge on any atom is 0.347 e. The van der Waals surface area contributed by atoms with Crippen molar-refractivity contribution in [2.24, 2.45) is 0 Å². The molecule has 0 N–H and O–H groups in total. The van der Waals surface area contributed by atoms with E-state index < -0.39 is 5.63 Å². The lowest BCUT2D eigenvalue weighted by molar-refractivity contribution is 0.489. The van der Waals surface area contributed by atoms with Crippen LogP contribution in [0.15, 0.2) is 49.4 Å². The molecule has 0 saturated heterocycles. The van der Waals surface area contributed by atoms with Crippen LogP contribution in [0.1, 0.15) is 10.8 Å². The van der Waals surface area contributed by atoms with Crippen LogP contribution in [-0.4, -0.2) is 4.98 Å². The van der Waals surface area contributed by atoms with Crippen LogP contribution in [-0.2, 0) is 0 Å². The second kappa shape index (κ2) is 5.52. The minimum atomic E-state index is -0.440. The number of halogens is 2. The minimum Gasteiger partial charge on any atom is -0.402 e. The summed E-state index contributed by atoms with van der Waals surface area (Å²) in [7, 11) is 0. The smallest absolute Gasteiger partial charge is 0.347 e. The van der Waals surface area contributed by atoms with E-state index in [9.17, 15) is 4.79 Å². The van der Waals surface area contributed by atoms with Crippen LogP contribution in [0.3, 0.4) is 0 Å². The Kier molecular flexibility index (Phi) is 3.74. The first kappa shape index (κ1) is 13.5. The fraction of sp³-hybridized carbons (Fsp3) is 0. The van der Waals surface area contributed by atoms with Crippen LogP contribution in [0.25, 0.3) is 22.0 Å². The third kappa shape index (κ3) is 2.70. The summed E-state index contributed by atoms with van der Waals surface area (Å²) in [4.78, 5) is 17.1. The second-order valence-corrected chi connectivity index (χ2v) is 6.86. The van der Waals surface area contributed by atoms with E-state index in [0.29, 0.717) is 15.9 Å². The standard InChI is InChI=1S/C14H7BrClNO2S/c15-12-6-5-8(20-12)7-10(16)13-17-11-4-2-1-3-9(11)14(18)19-13/h1-7H/b10-7-. The molecule has 3 aromatic rings. The van der Waals surface area contributed by atoms with Gasteiger partial charge in [0.1, 0.15) is 5.03 Å². The monoisotopic (exact) mass is 367 g/mol. The lowest BCUT2D eigenvalue weighted by atomic mass is 10.2. The first-order chi connectivity index (χ1) is 9.63. The molecular formula is C14H7BrClNO2S. The lowest BCUT2D eigenvalue weighted by Crippen LogP contribution is -2.03. The lowest BCUT2D eigenvalue weighted by Gasteiger charge is -1.99. The molecule has 0 atom stereocenters. The van der Waals surface area contributed by atoms with Gasteiger partial charge in [-0.3, -0.25) is 0 Å². The summed E-state index contributed by atoms with van der Waals surface area (Å²) in [5.74, 6) is 0.125. The van der Waals surface area contributed by atoms with Crippen LogP contribution < -0.4 is 5.63 Å². The normalized spacial score (nSPS) is 12.0. The number of thiophene rings is 1. The van der Waals surface area contributed by atoms with E-state index in [1.807, 2.05) is 18.2 Å². The van der Waals surface area contributed by atoms with Gasteiger partial charge in [-0.05, 0) is 46.3 Å². The first-order valence-corrected chi connectivity index (χ1v) is 7.65. The second-order valence-electron chi connectivity index (χ2n) is 3.96. The Morgan fingerprint density at radius 3 is 2.85 bits per heavy atom. The Balaban J connectivity index is 2.10. The van der Waals surface area contributed by atoms with Gasteiger partial charge in [-0.15, -0.1) is 11.3 Å². The number of para-hydroxylation sites is 1. The van der Waals surface area contributed by atoms with Crippen LogP contribution in [0, 0.1) is 0 Å². The van der Waals surface area contributed by atoms with Gasteiger partial charge >= 0.3 is 5.63 Å². The van der Waals surface area contributed by atoms with Gasteiger partial charge in [0.15, 0.2) is 0 Å². The fourth-order valence-electron chi connectivity index (χ4n) is 1.71. The number of nitrogens with zero attached hydrogens (tertiary/aromatic N) is 1. The molecule has 100 valence electrons. The van der Waals surface area contributed by atoms with Gasteiger partial charge in [0.05, 0.1) is 14.7 Å². The van der Waals surface area contributed by atoms with Gasteiger partial charge in [0, 0.05) is 4.88 Å². The third-order valence-electron chi connectivity index (χ3n) is 2.60. The third-order valence-corrected chi connectivity index (χ3v) is 4.44. The van der Waals surface area contributed by atoms with Gasteiger partial charge in [-0.1, -0.05) is 23.7 Å². The van der Waals surface area contributed by atoms with E-state index in [0.717, 1.165) is 8.66 Å². The highest BCUT2D eigenvalue weighted by atomic mass is 79.9. The Labute approximate surface area is 131 Å². The molecule has 0 fully saturated rings. The molecule has 1 aromatic carbocycles. The zero-order chi connectivity index (χ0) is 14.1. The highest BCUT2D eigenvalue weighted by Gasteiger charge is 2.09. The van der Waals surface area contributed by atoms with E-state index in [2.05, 4.69) is 20.9 Å². The summed E-state index contributed by atoms with van der Waals surface area (Å²) < 4.78 is 6.16. The predicted molar refractivity (Wildman–Crippen MR) is 86.0 cm³/mol. The van der Waals surface area contributed by atoms with Gasteiger partial charge in [0.25, 0.3) is 0 Å². The van der Waals surface area contributed by atoms with Crippen LogP contribution in [0.4, 0.5) is 0 Å². The topological polar surface area (TPSA) is 43.1 Å². The SMILES string of the molecule is O=c1oc(/C(Cl)=C/c2ccc(Br)s2)nc2ccccc12. The molecule has 0 spiro atoms. The van der Waals surface area contributed by atoms with E-state index >= 15 is 0 Å². The molecule has 2 heterocycles. The van der Waals surface area contributed by atoms with Crippen molar-refractivity contribution in [3.63, 3.8) is 0 Å². The zero-order valence-electron chi connectivity index (χ0n) is 9.97. The summed E-state index contributed by atoms with van der Waals surface area (Å²) in [6.07, 6.45) is 1.72. The molecule has 3 nitrogen and oxygen atoms in total. The molecule has 0 aliphatic heterocycles. The minimum absolute atomic E-state index is 0.125. The summed E-state index contributed by atoms with van der Waals surface area (Å²) in [6.45, 7) is 0. The Hall–Kier alpha value is -1.43. The average Bonchev–Trinajstić information content (AvgIpc) is 2.84. The molecule has 0 aliphatic rings. The molecule has 20 heavy (non-hydrogen) atoms. The largest absolute Gasteiger partial charge is 0.402 e. The van der Waals surface area contributed by atoms with Crippen molar-refractivity contribution in [3.8, 4) is 0 Å². The molecule has 2 aromatic heterocycles. The van der Waals surface area contributed by atoms with Gasteiger partial charge < -0.3 is 4.42 Å². The molecule has 0 aliphatic carbocycles. The van der Waals surface area contributed by atoms with Gasteiger partial charge in [-0.2, -0.15) is 0 Å². The molecule has 0 bridgehead atoms. The number of hydrogen-bond donors (Lipinski definition) is 0. The van der Waals surface area contributed by atoms with Crippen molar-refractivity contribution >= 4 is 60.9 Å². The molecule has 0 radical (unpaired) electrons. The van der Waals surface area contributed by atoms with Crippen LogP contribution in [0.5, 0.6) is 0 Å². The molecular weight excluding hydrogens is 362 g/mol. The van der Waals surface area contributed by atoms with Crippen molar-refractivity contribution in [1.29, 1.82) is 0 Å². The zero-order valence-corrected chi connectivity index (χ0v) is 13.1. The van der Waals surface area contributed by atoms with Crippen LogP contribution >= 0.6 is 38.9 Å². The first-order valence-electron chi connectivity index (χ1n) is 5.66. The van der Waals surface area contributed by atoms with E-state index in [1.54, 1.807) is 24.3 Å². The number of benzene rings is 1. The highest BCUT2D eigenvalue weighted by molar-refractivity contribution is 9.11. The molecule has 3 rings (SSSR count). The highest BCUT2D eigenvalue weighted by Crippen LogP contribution is 2.27. The number of fused-ring (bicyclic) bond motifs is 1. The summed E-state index contributed by atoms with van der Waals surface area (Å²) in [5, 5.41) is 0.738. The maximum atomic E-state index is 11.9.